The molecule has 0 spiro atoms. The standard InChI is InChI=1S/C23H21N5O5/c1-23(15-6-8-18(33-2)9-7-15)21(31)28(22(32)27-23)13-19(30)26-16-11-24-20(25-12-16)14-4-3-5-17(29)10-14/h3-12,29H,13H2,1-2H3,(H,26,30)(H,27,32). The van der Waals surface area contributed by atoms with Gasteiger partial charge in [0.25, 0.3) is 5.91 Å². The van der Waals surface area contributed by atoms with Crippen LogP contribution in [0, 0.1) is 0 Å². The SMILES string of the molecule is COc1ccc(C2(C)NC(=O)N(CC(=O)Nc3cnc(-c4cccc(O)c4)nc3)C2=O)cc1. The Bertz CT molecular complexity index is 1210. The number of rotatable bonds is 6. The second-order valence-electron chi connectivity index (χ2n) is 7.57. The van der Waals surface area contributed by atoms with E-state index in [2.05, 4.69) is 20.6 Å². The highest BCUT2D eigenvalue weighted by molar-refractivity contribution is 6.10. The summed E-state index contributed by atoms with van der Waals surface area (Å²) in [5.41, 5.74) is 0.190. The fourth-order valence-electron chi connectivity index (χ4n) is 3.49. The summed E-state index contributed by atoms with van der Waals surface area (Å²) < 4.78 is 5.12. The number of phenolic OH excluding ortho intramolecular Hbond substituents is 1. The van der Waals surface area contributed by atoms with Gasteiger partial charge in [0.05, 0.1) is 25.2 Å². The first kappa shape index (κ1) is 21.8. The number of anilines is 1. The van der Waals surface area contributed by atoms with E-state index in [1.54, 1.807) is 43.3 Å². The number of carbonyl (C=O) groups excluding carboxylic acids is 3. The predicted octanol–water partition coefficient (Wildman–Crippen LogP) is 2.26. The summed E-state index contributed by atoms with van der Waals surface area (Å²) in [5, 5.41) is 14.8. The van der Waals surface area contributed by atoms with E-state index in [1.165, 1.54) is 31.6 Å². The first-order chi connectivity index (χ1) is 15.8. The predicted molar refractivity (Wildman–Crippen MR) is 118 cm³/mol. The summed E-state index contributed by atoms with van der Waals surface area (Å²) in [5.74, 6) is -0.0425. The molecule has 10 nitrogen and oxygen atoms in total. The largest absolute Gasteiger partial charge is 0.508 e. The number of benzene rings is 2. The lowest BCUT2D eigenvalue weighted by molar-refractivity contribution is -0.133. The molecule has 0 radical (unpaired) electrons. The molecule has 1 atom stereocenters. The lowest BCUT2D eigenvalue weighted by atomic mass is 9.92. The van der Waals surface area contributed by atoms with Gasteiger partial charge in [0.2, 0.25) is 5.91 Å². The van der Waals surface area contributed by atoms with Crippen molar-refractivity contribution in [1.29, 1.82) is 0 Å². The number of nitrogens with one attached hydrogen (secondary N) is 2. The highest BCUT2D eigenvalue weighted by Crippen LogP contribution is 2.30. The van der Waals surface area contributed by atoms with E-state index in [0.717, 1.165) is 4.90 Å². The van der Waals surface area contributed by atoms with E-state index in [-0.39, 0.29) is 5.75 Å². The van der Waals surface area contributed by atoms with Crippen molar-refractivity contribution in [3.05, 3.63) is 66.5 Å². The molecule has 1 aromatic heterocycles. The summed E-state index contributed by atoms with van der Waals surface area (Å²) in [4.78, 5) is 47.2. The molecule has 1 unspecified atom stereocenters. The van der Waals surface area contributed by atoms with Crippen molar-refractivity contribution in [2.24, 2.45) is 0 Å². The van der Waals surface area contributed by atoms with Gasteiger partial charge in [-0.05, 0) is 36.8 Å². The molecule has 0 bridgehead atoms. The number of nitrogens with zero attached hydrogens (tertiary/aromatic N) is 3. The molecule has 10 heteroatoms. The van der Waals surface area contributed by atoms with E-state index in [0.29, 0.717) is 28.4 Å². The zero-order valence-corrected chi connectivity index (χ0v) is 17.9. The van der Waals surface area contributed by atoms with Crippen molar-refractivity contribution >= 4 is 23.5 Å². The molecule has 1 saturated heterocycles. The molecule has 0 aliphatic carbocycles. The van der Waals surface area contributed by atoms with Gasteiger partial charge in [-0.1, -0.05) is 24.3 Å². The van der Waals surface area contributed by atoms with Gasteiger partial charge in [-0.3, -0.25) is 14.5 Å². The van der Waals surface area contributed by atoms with Crippen molar-refractivity contribution in [1.82, 2.24) is 20.2 Å². The maximum absolute atomic E-state index is 13.0. The van der Waals surface area contributed by atoms with Gasteiger partial charge in [0.1, 0.15) is 23.6 Å². The van der Waals surface area contributed by atoms with Crippen molar-refractivity contribution < 1.29 is 24.2 Å². The highest BCUT2D eigenvalue weighted by Gasteiger charge is 2.49. The van der Waals surface area contributed by atoms with E-state index >= 15 is 0 Å². The van der Waals surface area contributed by atoms with Crippen LogP contribution in [0.25, 0.3) is 11.4 Å². The number of hydrogen-bond donors (Lipinski definition) is 3. The van der Waals surface area contributed by atoms with Crippen LogP contribution in [0.3, 0.4) is 0 Å². The topological polar surface area (TPSA) is 134 Å². The minimum Gasteiger partial charge on any atom is -0.508 e. The molecule has 3 aromatic rings. The molecular weight excluding hydrogens is 426 g/mol. The summed E-state index contributed by atoms with van der Waals surface area (Å²) in [7, 11) is 1.53. The van der Waals surface area contributed by atoms with Crippen molar-refractivity contribution in [3.8, 4) is 22.9 Å². The number of urea groups is 1. The van der Waals surface area contributed by atoms with Crippen molar-refractivity contribution in [2.45, 2.75) is 12.5 Å². The Morgan fingerprint density at radius 3 is 2.48 bits per heavy atom. The molecule has 1 fully saturated rings. The maximum Gasteiger partial charge on any atom is 0.325 e. The van der Waals surface area contributed by atoms with Crippen LogP contribution in [0.1, 0.15) is 12.5 Å². The average Bonchev–Trinajstić information content (AvgIpc) is 3.03. The zero-order chi connectivity index (χ0) is 23.6. The molecule has 4 rings (SSSR count). The molecule has 33 heavy (non-hydrogen) atoms. The number of ether oxygens (including phenoxy) is 1. The molecule has 3 N–H and O–H groups in total. The monoisotopic (exact) mass is 447 g/mol. The third-order valence-electron chi connectivity index (χ3n) is 5.28. The van der Waals surface area contributed by atoms with Crippen LogP contribution in [0.2, 0.25) is 0 Å². The van der Waals surface area contributed by atoms with Crippen LogP contribution in [-0.2, 0) is 15.1 Å². The molecule has 4 amide bonds. The number of hydrogen-bond acceptors (Lipinski definition) is 7. The Hall–Kier alpha value is -4.47. The van der Waals surface area contributed by atoms with Gasteiger partial charge >= 0.3 is 6.03 Å². The smallest absolute Gasteiger partial charge is 0.325 e. The molecule has 0 saturated carbocycles. The minimum atomic E-state index is -1.30. The van der Waals surface area contributed by atoms with Crippen molar-refractivity contribution in [3.63, 3.8) is 0 Å². The van der Waals surface area contributed by atoms with Crippen LogP contribution in [-0.4, -0.2) is 51.5 Å². The Morgan fingerprint density at radius 2 is 1.85 bits per heavy atom. The molecule has 1 aliphatic rings. The van der Waals surface area contributed by atoms with E-state index in [1.807, 2.05) is 0 Å². The Kier molecular flexibility index (Phi) is 5.65. The number of amides is 4. The normalized spacial score (nSPS) is 17.6. The van der Waals surface area contributed by atoms with E-state index in [9.17, 15) is 19.5 Å². The van der Waals surface area contributed by atoms with Crippen LogP contribution < -0.4 is 15.4 Å². The Labute approximate surface area is 189 Å². The van der Waals surface area contributed by atoms with Gasteiger partial charge in [0.15, 0.2) is 5.82 Å². The van der Waals surface area contributed by atoms with Gasteiger partial charge in [-0.2, -0.15) is 0 Å². The molecule has 1 aliphatic heterocycles. The van der Waals surface area contributed by atoms with Gasteiger partial charge < -0.3 is 20.5 Å². The van der Waals surface area contributed by atoms with Crippen molar-refractivity contribution in [2.75, 3.05) is 19.0 Å². The number of phenols is 1. The fraction of sp³-hybridized carbons (Fsp3) is 0.174. The molecule has 2 aromatic carbocycles. The average molecular weight is 447 g/mol. The van der Waals surface area contributed by atoms with Crippen LogP contribution in [0.4, 0.5) is 10.5 Å². The first-order valence-corrected chi connectivity index (χ1v) is 10.00. The summed E-state index contributed by atoms with van der Waals surface area (Å²) in [6, 6.07) is 12.6. The second kappa shape index (κ2) is 8.58. The van der Waals surface area contributed by atoms with Gasteiger partial charge in [-0.25, -0.2) is 14.8 Å². The van der Waals surface area contributed by atoms with E-state index in [4.69, 9.17) is 4.74 Å². The summed E-state index contributed by atoms with van der Waals surface area (Å²) >= 11 is 0. The third-order valence-corrected chi connectivity index (χ3v) is 5.28. The van der Waals surface area contributed by atoms with Crippen LogP contribution >= 0.6 is 0 Å². The maximum atomic E-state index is 13.0. The molecule has 168 valence electrons. The number of methoxy groups -OCH3 is 1. The van der Waals surface area contributed by atoms with Crippen LogP contribution in [0.15, 0.2) is 60.9 Å². The quantitative estimate of drug-likeness (QED) is 0.494. The zero-order valence-electron chi connectivity index (χ0n) is 17.9. The molecule has 2 heterocycles. The number of imide groups is 1. The number of aromatic hydroxyl groups is 1. The lowest BCUT2D eigenvalue weighted by Gasteiger charge is -2.22. The summed E-state index contributed by atoms with van der Waals surface area (Å²) in [6.07, 6.45) is 2.80. The molecular formula is C23H21N5O5. The Morgan fingerprint density at radius 1 is 1.15 bits per heavy atom. The second-order valence-corrected chi connectivity index (χ2v) is 7.57. The Balaban J connectivity index is 1.42. The minimum absolute atomic E-state index is 0.0867. The first-order valence-electron chi connectivity index (χ1n) is 10.00. The van der Waals surface area contributed by atoms with E-state index < -0.39 is 29.9 Å². The van der Waals surface area contributed by atoms with Gasteiger partial charge in [0, 0.05) is 5.56 Å². The van der Waals surface area contributed by atoms with Gasteiger partial charge in [-0.15, -0.1) is 0 Å². The summed E-state index contributed by atoms with van der Waals surface area (Å²) in [6.45, 7) is 1.12. The third kappa shape index (κ3) is 4.31. The lowest BCUT2D eigenvalue weighted by Crippen LogP contribution is -2.42. The van der Waals surface area contributed by atoms with Crippen LogP contribution in [0.5, 0.6) is 11.5 Å². The highest BCUT2D eigenvalue weighted by atomic mass is 16.5. The fourth-order valence-corrected chi connectivity index (χ4v) is 3.49. The number of aromatic nitrogens is 2. The number of carbonyl (C=O) groups is 3.